The van der Waals surface area contributed by atoms with E-state index >= 15 is 0 Å². The van der Waals surface area contributed by atoms with E-state index in [-0.39, 0.29) is 5.91 Å². The Morgan fingerprint density at radius 3 is 2.32 bits per heavy atom. The number of hydroxylamine groups is 1. The van der Waals surface area contributed by atoms with Crippen molar-refractivity contribution >= 4 is 40.8 Å². The Hall–Kier alpha value is -3.66. The summed E-state index contributed by atoms with van der Waals surface area (Å²) in [5.74, 6) is -2.76. The van der Waals surface area contributed by atoms with E-state index in [1.807, 2.05) is 12.1 Å². The standard InChI is InChI=1S/C24H30ClN3O2.C4H4O4/c1-27(16-7-10-24(29)26-30-2)15-5-6-17-28-22-9-4-3-8-19(22)11-12-20-13-14-21(25)18-23(20)28;5-3(6)1-2-4(7)8/h3-4,7-10,13-14,18H,5-6,11-12,15-17H2,1-2H3,(H,26,29);1-2H,(H,5,6)(H,7,8)/b10-7+;2-1-. The minimum absolute atomic E-state index is 0.247. The number of nitrogens with one attached hydrogen (secondary N) is 1. The van der Waals surface area contributed by atoms with Gasteiger partial charge in [0, 0.05) is 47.7 Å². The summed E-state index contributed by atoms with van der Waals surface area (Å²) in [6.45, 7) is 2.64. The lowest BCUT2D eigenvalue weighted by Crippen LogP contribution is -2.24. The van der Waals surface area contributed by atoms with E-state index in [0.29, 0.717) is 12.2 Å². The van der Waals surface area contributed by atoms with Gasteiger partial charge in [-0.2, -0.15) is 0 Å². The molecular weight excluding hydrogens is 510 g/mol. The molecule has 0 aromatic heterocycles. The van der Waals surface area contributed by atoms with E-state index in [1.54, 1.807) is 0 Å². The van der Waals surface area contributed by atoms with Crippen LogP contribution in [0, 0.1) is 0 Å². The fourth-order valence-corrected chi connectivity index (χ4v) is 4.15. The molecule has 1 aliphatic rings. The zero-order valence-electron chi connectivity index (χ0n) is 21.6. The zero-order chi connectivity index (χ0) is 27.9. The summed E-state index contributed by atoms with van der Waals surface area (Å²) in [4.78, 5) is 39.7. The first kappa shape index (κ1) is 30.6. The molecule has 9 nitrogen and oxygen atoms in total. The Balaban J connectivity index is 0.000000550. The van der Waals surface area contributed by atoms with E-state index in [4.69, 9.17) is 21.8 Å². The SMILES string of the molecule is CONC(=O)/C=C/CN(C)CCCCN1c2ccccc2CCc2ccc(Cl)cc21.O=C(O)/C=C\C(=O)O. The number of para-hydroxylation sites is 1. The summed E-state index contributed by atoms with van der Waals surface area (Å²) < 4.78 is 0. The first-order valence-electron chi connectivity index (χ1n) is 12.2. The lowest BCUT2D eigenvalue weighted by Gasteiger charge is -2.27. The number of aliphatic carboxylic acids is 2. The van der Waals surface area contributed by atoms with Gasteiger partial charge in [0.05, 0.1) is 7.11 Å². The van der Waals surface area contributed by atoms with Gasteiger partial charge in [-0.05, 0) is 68.6 Å². The van der Waals surface area contributed by atoms with Crippen LogP contribution in [0.15, 0.2) is 66.8 Å². The molecule has 1 heterocycles. The van der Waals surface area contributed by atoms with Crippen LogP contribution in [0.25, 0.3) is 0 Å². The molecular formula is C28H34ClN3O6. The van der Waals surface area contributed by atoms with E-state index < -0.39 is 11.9 Å². The van der Waals surface area contributed by atoms with Crippen LogP contribution in [0.2, 0.25) is 5.02 Å². The largest absolute Gasteiger partial charge is 0.478 e. The maximum absolute atomic E-state index is 11.4. The maximum atomic E-state index is 11.4. The molecule has 10 heteroatoms. The van der Waals surface area contributed by atoms with Gasteiger partial charge in [-0.15, -0.1) is 0 Å². The van der Waals surface area contributed by atoms with Crippen molar-refractivity contribution in [3.8, 4) is 0 Å². The first-order valence-corrected chi connectivity index (χ1v) is 12.5. The molecule has 0 aliphatic carbocycles. The van der Waals surface area contributed by atoms with Crippen molar-refractivity contribution in [3.05, 3.63) is 82.9 Å². The summed E-state index contributed by atoms with van der Waals surface area (Å²) in [7, 11) is 3.49. The van der Waals surface area contributed by atoms with Crippen LogP contribution in [0.4, 0.5) is 11.4 Å². The van der Waals surface area contributed by atoms with Crippen LogP contribution in [-0.4, -0.2) is 66.8 Å². The van der Waals surface area contributed by atoms with Crippen LogP contribution in [0.3, 0.4) is 0 Å². The Bertz CT molecular complexity index is 1140. The van der Waals surface area contributed by atoms with Gasteiger partial charge in [0.2, 0.25) is 0 Å². The summed E-state index contributed by atoms with van der Waals surface area (Å²) in [6, 6.07) is 14.9. The highest BCUT2D eigenvalue weighted by molar-refractivity contribution is 6.30. The smallest absolute Gasteiger partial charge is 0.328 e. The number of hydrogen-bond acceptors (Lipinski definition) is 6. The number of amides is 1. The summed E-state index contributed by atoms with van der Waals surface area (Å²) in [5, 5.41) is 16.4. The Morgan fingerprint density at radius 2 is 1.66 bits per heavy atom. The molecule has 1 aliphatic heterocycles. The van der Waals surface area contributed by atoms with Gasteiger partial charge in [-0.1, -0.05) is 41.9 Å². The molecule has 0 bridgehead atoms. The molecule has 1 amide bonds. The summed E-state index contributed by atoms with van der Waals surface area (Å²) >= 11 is 6.34. The molecule has 2 aromatic carbocycles. The highest BCUT2D eigenvalue weighted by Gasteiger charge is 2.20. The third kappa shape index (κ3) is 10.8. The lowest BCUT2D eigenvalue weighted by atomic mass is 10.0. The quantitative estimate of drug-likeness (QED) is 0.219. The number of fused-ring (bicyclic) bond motifs is 2. The molecule has 0 fully saturated rings. The number of halogens is 1. The second-order valence-corrected chi connectivity index (χ2v) is 9.04. The van der Waals surface area contributed by atoms with Gasteiger partial charge in [-0.25, -0.2) is 15.1 Å². The third-order valence-corrected chi connectivity index (χ3v) is 5.95. The van der Waals surface area contributed by atoms with Crippen LogP contribution < -0.4 is 10.4 Å². The van der Waals surface area contributed by atoms with Crippen molar-refractivity contribution in [3.63, 3.8) is 0 Å². The normalized spacial score (nSPS) is 12.5. The average molecular weight is 544 g/mol. The number of nitrogens with zero attached hydrogens (tertiary/aromatic N) is 2. The predicted molar refractivity (Wildman–Crippen MR) is 148 cm³/mol. The van der Waals surface area contributed by atoms with E-state index in [0.717, 1.165) is 50.3 Å². The molecule has 0 radical (unpaired) electrons. The van der Waals surface area contributed by atoms with Crippen molar-refractivity contribution in [1.82, 2.24) is 10.4 Å². The molecule has 2 aromatic rings. The molecule has 204 valence electrons. The second kappa shape index (κ2) is 16.2. The first-order chi connectivity index (χ1) is 18.2. The molecule has 0 atom stereocenters. The molecule has 3 rings (SSSR count). The summed E-state index contributed by atoms with van der Waals surface area (Å²) in [5.41, 5.74) is 7.54. The zero-order valence-corrected chi connectivity index (χ0v) is 22.4. The molecule has 38 heavy (non-hydrogen) atoms. The van der Waals surface area contributed by atoms with Gasteiger partial charge in [0.1, 0.15) is 0 Å². The molecule has 0 saturated carbocycles. The number of carbonyl (C=O) groups excluding carboxylic acids is 1. The van der Waals surface area contributed by atoms with Crippen LogP contribution >= 0.6 is 11.6 Å². The minimum atomic E-state index is -1.26. The van der Waals surface area contributed by atoms with E-state index in [1.165, 1.54) is 35.7 Å². The predicted octanol–water partition coefficient (Wildman–Crippen LogP) is 4.23. The Kier molecular flexibility index (Phi) is 13.1. The lowest BCUT2D eigenvalue weighted by molar-refractivity contribution is -0.134. The topological polar surface area (TPSA) is 119 Å². The number of hydrogen-bond donors (Lipinski definition) is 3. The van der Waals surface area contributed by atoms with Gasteiger partial charge in [-0.3, -0.25) is 9.63 Å². The van der Waals surface area contributed by atoms with Crippen molar-refractivity contribution in [2.75, 3.05) is 38.7 Å². The number of carboxylic acid groups (broad SMARTS) is 2. The second-order valence-electron chi connectivity index (χ2n) is 8.61. The van der Waals surface area contributed by atoms with Crippen molar-refractivity contribution < 1.29 is 29.4 Å². The van der Waals surface area contributed by atoms with Crippen LogP contribution in [-0.2, 0) is 32.1 Å². The monoisotopic (exact) mass is 543 g/mol. The number of carbonyl (C=O) groups is 3. The van der Waals surface area contributed by atoms with E-state index in [9.17, 15) is 14.4 Å². The average Bonchev–Trinajstić information content (AvgIpc) is 3.02. The molecule has 0 unspecified atom stereocenters. The Labute approximate surface area is 227 Å². The van der Waals surface area contributed by atoms with Gasteiger partial charge in [0.25, 0.3) is 5.91 Å². The van der Waals surface area contributed by atoms with Gasteiger partial charge in [0.15, 0.2) is 0 Å². The highest BCUT2D eigenvalue weighted by Crippen LogP contribution is 2.37. The highest BCUT2D eigenvalue weighted by atomic mass is 35.5. The van der Waals surface area contributed by atoms with Gasteiger partial charge < -0.3 is 20.0 Å². The number of anilines is 2. The van der Waals surface area contributed by atoms with Crippen LogP contribution in [0.5, 0.6) is 0 Å². The molecule has 3 N–H and O–H groups in total. The number of carboxylic acids is 2. The third-order valence-electron chi connectivity index (χ3n) is 5.71. The van der Waals surface area contributed by atoms with Crippen LogP contribution in [0.1, 0.15) is 24.0 Å². The summed E-state index contributed by atoms with van der Waals surface area (Å²) in [6.07, 6.45) is 8.68. The molecule has 0 spiro atoms. The fourth-order valence-electron chi connectivity index (χ4n) is 3.99. The van der Waals surface area contributed by atoms with Crippen molar-refractivity contribution in [2.45, 2.75) is 25.7 Å². The number of unbranched alkanes of at least 4 members (excludes halogenated alkanes) is 1. The van der Waals surface area contributed by atoms with E-state index in [2.05, 4.69) is 63.6 Å². The molecule has 0 saturated heterocycles. The van der Waals surface area contributed by atoms with Crippen molar-refractivity contribution in [1.29, 1.82) is 0 Å². The number of benzene rings is 2. The fraction of sp³-hybridized carbons (Fsp3) is 0.321. The maximum Gasteiger partial charge on any atom is 0.328 e. The number of aryl methyl sites for hydroxylation is 2. The van der Waals surface area contributed by atoms with Crippen molar-refractivity contribution in [2.24, 2.45) is 0 Å². The Morgan fingerprint density at radius 1 is 1.00 bits per heavy atom. The number of likely N-dealkylation sites (N-methyl/N-ethyl adjacent to an activating group) is 1. The minimum Gasteiger partial charge on any atom is -0.478 e. The number of rotatable bonds is 11. The van der Waals surface area contributed by atoms with Gasteiger partial charge >= 0.3 is 11.9 Å².